The van der Waals surface area contributed by atoms with Crippen molar-refractivity contribution in [1.82, 2.24) is 25.4 Å². The fraction of sp³-hybridized carbons (Fsp3) is 0.640. The van der Waals surface area contributed by atoms with Crippen molar-refractivity contribution in [2.24, 2.45) is 4.99 Å². The molecule has 2 N–H and O–H groups in total. The first-order valence-corrected chi connectivity index (χ1v) is 12.0. The highest BCUT2D eigenvalue weighted by atomic mass is 16.5. The Morgan fingerprint density at radius 2 is 2.00 bits per heavy atom. The number of ether oxygens (including phenoxy) is 1. The van der Waals surface area contributed by atoms with Crippen molar-refractivity contribution in [3.8, 4) is 0 Å². The molecule has 0 saturated heterocycles. The summed E-state index contributed by atoms with van der Waals surface area (Å²) < 4.78 is 7.19. The lowest BCUT2D eigenvalue weighted by Crippen LogP contribution is -2.50. The van der Waals surface area contributed by atoms with Gasteiger partial charge in [-0.25, -0.2) is 9.67 Å². The van der Waals surface area contributed by atoms with Gasteiger partial charge >= 0.3 is 0 Å². The number of hydrogen-bond donors (Lipinski definition) is 2. The number of aryl methyl sites for hydroxylation is 1. The van der Waals surface area contributed by atoms with E-state index in [2.05, 4.69) is 63.8 Å². The molecule has 1 aromatic carbocycles. The van der Waals surface area contributed by atoms with Gasteiger partial charge in [0.05, 0.1) is 6.54 Å². The molecule has 2 heterocycles. The summed E-state index contributed by atoms with van der Waals surface area (Å²) in [6.07, 6.45) is 6.98. The van der Waals surface area contributed by atoms with Crippen LogP contribution in [0.5, 0.6) is 0 Å². The maximum Gasteiger partial charge on any atom is 0.191 e. The standard InChI is InChI=1S/C25H38N6O/c1-18(2)19-7-9-20(10-8-19)25(13-5-6-14-25)17-27-24(26-3)28-21-11-12-23-29-22(16-32-4)30-31(23)15-21/h7-10,18,21H,5-6,11-17H2,1-4H3,(H2,26,27,28). The van der Waals surface area contributed by atoms with Crippen LogP contribution in [0.2, 0.25) is 0 Å². The first-order chi connectivity index (χ1) is 15.5. The molecule has 7 heteroatoms. The Hall–Kier alpha value is -2.41. The molecule has 1 saturated carbocycles. The molecule has 1 aliphatic carbocycles. The average Bonchev–Trinajstić information content (AvgIpc) is 3.44. The summed E-state index contributed by atoms with van der Waals surface area (Å²) in [5.74, 6) is 3.25. The molecule has 32 heavy (non-hydrogen) atoms. The summed E-state index contributed by atoms with van der Waals surface area (Å²) in [6.45, 7) is 6.68. The van der Waals surface area contributed by atoms with Crippen LogP contribution in [0.25, 0.3) is 0 Å². The number of nitrogens with one attached hydrogen (secondary N) is 2. The van der Waals surface area contributed by atoms with Gasteiger partial charge in [0, 0.05) is 38.6 Å². The third-order valence-corrected chi connectivity index (χ3v) is 7.08. The zero-order valence-electron chi connectivity index (χ0n) is 20.0. The van der Waals surface area contributed by atoms with E-state index in [1.807, 2.05) is 11.7 Å². The summed E-state index contributed by atoms with van der Waals surface area (Å²) in [7, 11) is 3.53. The molecule has 0 amide bonds. The van der Waals surface area contributed by atoms with Crippen LogP contribution in [0.3, 0.4) is 0 Å². The Morgan fingerprint density at radius 1 is 1.25 bits per heavy atom. The van der Waals surface area contributed by atoms with Gasteiger partial charge in [-0.3, -0.25) is 4.99 Å². The molecule has 1 fully saturated rings. The van der Waals surface area contributed by atoms with E-state index in [4.69, 9.17) is 4.74 Å². The van der Waals surface area contributed by atoms with E-state index in [0.29, 0.717) is 12.5 Å². The maximum absolute atomic E-state index is 5.18. The molecule has 1 atom stereocenters. The Morgan fingerprint density at radius 3 is 2.66 bits per heavy atom. The van der Waals surface area contributed by atoms with Crippen molar-refractivity contribution in [3.63, 3.8) is 0 Å². The van der Waals surface area contributed by atoms with Crippen LogP contribution in [0.1, 0.15) is 74.6 Å². The average molecular weight is 439 g/mol. The number of benzene rings is 1. The Labute approximate surface area is 192 Å². The summed E-state index contributed by atoms with van der Waals surface area (Å²) in [4.78, 5) is 9.10. The number of guanidine groups is 1. The van der Waals surface area contributed by atoms with Gasteiger partial charge in [0.1, 0.15) is 12.4 Å². The third-order valence-electron chi connectivity index (χ3n) is 7.08. The summed E-state index contributed by atoms with van der Waals surface area (Å²) >= 11 is 0. The normalized spacial score (nSPS) is 20.4. The number of aromatic nitrogens is 3. The van der Waals surface area contributed by atoms with E-state index < -0.39 is 0 Å². The quantitative estimate of drug-likeness (QED) is 0.511. The Balaban J connectivity index is 1.38. The first-order valence-electron chi connectivity index (χ1n) is 12.0. The number of aliphatic imine (C=N–C) groups is 1. The van der Waals surface area contributed by atoms with Crippen LogP contribution in [0.4, 0.5) is 0 Å². The molecule has 4 rings (SSSR count). The molecular weight excluding hydrogens is 400 g/mol. The second-order valence-electron chi connectivity index (χ2n) is 9.63. The smallest absolute Gasteiger partial charge is 0.191 e. The second-order valence-corrected chi connectivity index (χ2v) is 9.63. The first kappa shape index (κ1) is 22.8. The van der Waals surface area contributed by atoms with Crippen LogP contribution in [-0.4, -0.2) is 47.5 Å². The lowest BCUT2D eigenvalue weighted by Gasteiger charge is -2.32. The molecular formula is C25H38N6O. The van der Waals surface area contributed by atoms with Gasteiger partial charge in [0.25, 0.3) is 0 Å². The third kappa shape index (κ3) is 4.98. The SMILES string of the molecule is CN=C(NCC1(c2ccc(C(C)C)cc2)CCCC1)NC1CCc2nc(COC)nn2C1. The van der Waals surface area contributed by atoms with Gasteiger partial charge in [-0.15, -0.1) is 0 Å². The Bertz CT molecular complexity index is 911. The van der Waals surface area contributed by atoms with Crippen molar-refractivity contribution < 1.29 is 4.74 Å². The Kier molecular flexibility index (Phi) is 7.13. The number of methoxy groups -OCH3 is 1. The number of hydrogen-bond acceptors (Lipinski definition) is 4. The highest BCUT2D eigenvalue weighted by molar-refractivity contribution is 5.80. The van der Waals surface area contributed by atoms with Gasteiger partial charge in [-0.05, 0) is 36.3 Å². The van der Waals surface area contributed by atoms with Crippen LogP contribution in [0, 0.1) is 0 Å². The fourth-order valence-corrected chi connectivity index (χ4v) is 5.15. The van der Waals surface area contributed by atoms with E-state index in [-0.39, 0.29) is 11.5 Å². The van der Waals surface area contributed by atoms with Gasteiger partial charge in [0.15, 0.2) is 11.8 Å². The lowest BCUT2D eigenvalue weighted by atomic mass is 9.78. The molecule has 0 bridgehead atoms. The van der Waals surface area contributed by atoms with Crippen LogP contribution >= 0.6 is 0 Å². The monoisotopic (exact) mass is 438 g/mol. The van der Waals surface area contributed by atoms with Crippen molar-refractivity contribution >= 4 is 5.96 Å². The molecule has 2 aliphatic rings. The fourth-order valence-electron chi connectivity index (χ4n) is 5.15. The van der Waals surface area contributed by atoms with E-state index >= 15 is 0 Å². The van der Waals surface area contributed by atoms with Crippen LogP contribution in [-0.2, 0) is 29.7 Å². The zero-order valence-corrected chi connectivity index (χ0v) is 20.0. The molecule has 174 valence electrons. The van der Waals surface area contributed by atoms with Crippen molar-refractivity contribution in [2.75, 3.05) is 20.7 Å². The minimum absolute atomic E-state index is 0.188. The number of rotatable bonds is 7. The van der Waals surface area contributed by atoms with Crippen LogP contribution in [0.15, 0.2) is 29.3 Å². The van der Waals surface area contributed by atoms with Gasteiger partial charge in [-0.2, -0.15) is 5.10 Å². The van der Waals surface area contributed by atoms with E-state index in [1.54, 1.807) is 7.11 Å². The van der Waals surface area contributed by atoms with E-state index in [9.17, 15) is 0 Å². The van der Waals surface area contributed by atoms with Crippen molar-refractivity contribution in [3.05, 3.63) is 47.0 Å². The molecule has 1 aromatic heterocycles. The highest BCUT2D eigenvalue weighted by Crippen LogP contribution is 2.41. The van der Waals surface area contributed by atoms with E-state index in [0.717, 1.165) is 43.5 Å². The summed E-state index contributed by atoms with van der Waals surface area (Å²) in [5, 5.41) is 11.9. The topological polar surface area (TPSA) is 76.4 Å². The molecule has 7 nitrogen and oxygen atoms in total. The minimum Gasteiger partial charge on any atom is -0.377 e. The largest absolute Gasteiger partial charge is 0.377 e. The van der Waals surface area contributed by atoms with Crippen molar-refractivity contribution in [1.29, 1.82) is 0 Å². The zero-order chi connectivity index (χ0) is 22.6. The van der Waals surface area contributed by atoms with Gasteiger partial charge in [0.2, 0.25) is 0 Å². The predicted octanol–water partition coefficient (Wildman–Crippen LogP) is 3.54. The van der Waals surface area contributed by atoms with Crippen LogP contribution < -0.4 is 10.6 Å². The minimum atomic E-state index is 0.188. The summed E-state index contributed by atoms with van der Waals surface area (Å²) in [5.41, 5.74) is 3.05. The maximum atomic E-state index is 5.18. The summed E-state index contributed by atoms with van der Waals surface area (Å²) in [6, 6.07) is 9.61. The van der Waals surface area contributed by atoms with E-state index in [1.165, 1.54) is 36.8 Å². The van der Waals surface area contributed by atoms with Gasteiger partial charge in [-0.1, -0.05) is 51.0 Å². The molecule has 1 unspecified atom stereocenters. The molecule has 2 aromatic rings. The molecule has 1 aliphatic heterocycles. The lowest BCUT2D eigenvalue weighted by molar-refractivity contribution is 0.177. The second kappa shape index (κ2) is 10.0. The molecule has 0 radical (unpaired) electrons. The predicted molar refractivity (Wildman–Crippen MR) is 128 cm³/mol. The van der Waals surface area contributed by atoms with Gasteiger partial charge < -0.3 is 15.4 Å². The number of fused-ring (bicyclic) bond motifs is 1. The number of nitrogens with zero attached hydrogens (tertiary/aromatic N) is 4. The van der Waals surface area contributed by atoms with Crippen molar-refractivity contribution in [2.45, 2.75) is 82.9 Å². The molecule has 0 spiro atoms. The highest BCUT2D eigenvalue weighted by Gasteiger charge is 2.36.